The number of carboxylic acid groups (broad SMARTS) is 1. The summed E-state index contributed by atoms with van der Waals surface area (Å²) in [6.45, 7) is 4.17. The number of aromatic nitrogens is 2. The number of nitrogens with zero attached hydrogens (tertiary/aromatic N) is 4. The summed E-state index contributed by atoms with van der Waals surface area (Å²) in [5.74, 6) is -2.30. The van der Waals surface area contributed by atoms with Gasteiger partial charge in [0.05, 0.1) is 23.5 Å². The van der Waals surface area contributed by atoms with Gasteiger partial charge in [0.2, 0.25) is 11.9 Å². The Hall–Kier alpha value is -2.76. The smallest absolute Gasteiger partial charge is 0.475 e. The third-order valence-corrected chi connectivity index (χ3v) is 5.98. The molecule has 2 atom stereocenters. The molecular weight excluding hydrogens is 428 g/mol. The molecule has 2 aromatic heterocycles. The van der Waals surface area contributed by atoms with Crippen LogP contribution in [0.5, 0.6) is 0 Å². The lowest BCUT2D eigenvalue weighted by Gasteiger charge is -2.26. The van der Waals surface area contributed by atoms with Crippen molar-refractivity contribution in [2.45, 2.75) is 19.5 Å². The van der Waals surface area contributed by atoms with Gasteiger partial charge in [0, 0.05) is 25.0 Å². The molecule has 12 heteroatoms. The van der Waals surface area contributed by atoms with Crippen LogP contribution in [0.1, 0.15) is 13.3 Å². The summed E-state index contributed by atoms with van der Waals surface area (Å²) in [5, 5.41) is 11.1. The molecule has 1 N–H and O–H groups in total. The molecule has 2 aromatic rings. The highest BCUT2D eigenvalue weighted by atomic mass is 32.1. The van der Waals surface area contributed by atoms with Crippen LogP contribution >= 0.6 is 11.3 Å². The summed E-state index contributed by atoms with van der Waals surface area (Å²) in [4.78, 5) is 34.0. The Morgan fingerprint density at radius 1 is 1.33 bits per heavy atom. The minimum absolute atomic E-state index is 0.188. The monoisotopic (exact) mass is 446 g/mol. The highest BCUT2D eigenvalue weighted by Gasteiger charge is 2.55. The number of hydrogen-bond acceptors (Lipinski definition) is 6. The topological polar surface area (TPSA) is 86.6 Å². The Morgan fingerprint density at radius 2 is 1.97 bits per heavy atom. The largest absolute Gasteiger partial charge is 0.490 e. The number of halogens is 4. The number of hydrogen-bond donors (Lipinski definition) is 1. The quantitative estimate of drug-likeness (QED) is 0.714. The number of anilines is 2. The van der Waals surface area contributed by atoms with Crippen LogP contribution in [0.15, 0.2) is 29.2 Å². The number of carboxylic acids is 1. The van der Waals surface area contributed by atoms with Gasteiger partial charge in [0.25, 0.3) is 0 Å². The number of rotatable bonds is 2. The third-order valence-electron chi connectivity index (χ3n) is 5.31. The van der Waals surface area contributed by atoms with Gasteiger partial charge in [-0.1, -0.05) is 6.92 Å². The van der Waals surface area contributed by atoms with Crippen molar-refractivity contribution in [3.63, 3.8) is 0 Å². The van der Waals surface area contributed by atoms with Crippen molar-refractivity contribution in [1.82, 2.24) is 9.97 Å². The Kier molecular flexibility index (Phi) is 5.97. The Balaban J connectivity index is 0.000000318. The summed E-state index contributed by atoms with van der Waals surface area (Å²) in [6.07, 6.45) is -1.90. The molecule has 2 aliphatic heterocycles. The molecule has 0 radical (unpaired) electrons. The number of thiophene rings is 1. The van der Waals surface area contributed by atoms with Gasteiger partial charge >= 0.3 is 12.1 Å². The summed E-state index contributed by atoms with van der Waals surface area (Å²) in [7, 11) is 0. The molecule has 0 bridgehead atoms. The molecule has 4 heterocycles. The zero-order valence-electron chi connectivity index (χ0n) is 15.8. The standard InChI is InChI=1S/C16H17FN4OS.C2HF3O2/c1-11-8-20(15-18-6-12(17)7-19-15)10-16(11)3-4-21(14(16)22)13-2-5-23-9-13;3-2(4,5)1(6)7/h2,5-7,9,11H,3-4,8,10H2,1H3;(H,6,7)/t11-,16-;/m1./s1. The molecular formula is C18H18F4N4O3S. The predicted molar refractivity (Wildman–Crippen MR) is 101 cm³/mol. The van der Waals surface area contributed by atoms with Gasteiger partial charge in [-0.15, -0.1) is 0 Å². The molecule has 2 fully saturated rings. The highest BCUT2D eigenvalue weighted by Crippen LogP contribution is 2.46. The first-order valence-electron chi connectivity index (χ1n) is 8.91. The summed E-state index contributed by atoms with van der Waals surface area (Å²) in [5.41, 5.74) is 0.597. The second-order valence-electron chi connectivity index (χ2n) is 7.13. The molecule has 7 nitrogen and oxygen atoms in total. The maximum Gasteiger partial charge on any atom is 0.490 e. The van der Waals surface area contributed by atoms with E-state index >= 15 is 0 Å². The van der Waals surface area contributed by atoms with E-state index in [4.69, 9.17) is 9.90 Å². The van der Waals surface area contributed by atoms with Crippen LogP contribution in [0, 0.1) is 17.2 Å². The molecule has 1 amide bonds. The predicted octanol–water partition coefficient (Wildman–Crippen LogP) is 3.19. The van der Waals surface area contributed by atoms with Crippen molar-refractivity contribution in [3.05, 3.63) is 35.0 Å². The van der Waals surface area contributed by atoms with E-state index in [0.717, 1.165) is 25.2 Å². The van der Waals surface area contributed by atoms with Gasteiger partial charge in [-0.25, -0.2) is 19.2 Å². The third kappa shape index (κ3) is 4.23. The van der Waals surface area contributed by atoms with Crippen molar-refractivity contribution >= 4 is 34.8 Å². The second kappa shape index (κ2) is 8.17. The van der Waals surface area contributed by atoms with E-state index in [-0.39, 0.29) is 17.2 Å². The first-order valence-corrected chi connectivity index (χ1v) is 9.85. The van der Waals surface area contributed by atoms with Crippen LogP contribution in [0.25, 0.3) is 0 Å². The Labute approximate surface area is 173 Å². The number of amides is 1. The molecule has 2 saturated heterocycles. The molecule has 2 aliphatic rings. The molecule has 30 heavy (non-hydrogen) atoms. The fourth-order valence-corrected chi connectivity index (χ4v) is 4.38. The van der Waals surface area contributed by atoms with E-state index in [1.165, 1.54) is 12.4 Å². The Morgan fingerprint density at radius 3 is 2.50 bits per heavy atom. The first-order chi connectivity index (χ1) is 14.0. The van der Waals surface area contributed by atoms with E-state index in [9.17, 15) is 22.4 Å². The van der Waals surface area contributed by atoms with E-state index in [2.05, 4.69) is 16.9 Å². The van der Waals surface area contributed by atoms with Gasteiger partial charge in [-0.3, -0.25) is 4.79 Å². The molecule has 1 spiro atoms. The van der Waals surface area contributed by atoms with E-state index in [0.29, 0.717) is 12.5 Å². The fraction of sp³-hybridized carbons (Fsp3) is 0.444. The van der Waals surface area contributed by atoms with Crippen molar-refractivity contribution in [3.8, 4) is 0 Å². The normalized spacial score (nSPS) is 23.6. The fourth-order valence-electron chi connectivity index (χ4n) is 3.74. The molecule has 4 rings (SSSR count). The first kappa shape index (κ1) is 21.9. The van der Waals surface area contributed by atoms with Crippen LogP contribution in [0.3, 0.4) is 0 Å². The lowest BCUT2D eigenvalue weighted by molar-refractivity contribution is -0.192. The van der Waals surface area contributed by atoms with Crippen LogP contribution in [-0.4, -0.2) is 52.8 Å². The Bertz CT molecular complexity index is 907. The molecule has 162 valence electrons. The van der Waals surface area contributed by atoms with Gasteiger partial charge in [0.15, 0.2) is 5.82 Å². The maximum absolute atomic E-state index is 13.1. The summed E-state index contributed by atoms with van der Waals surface area (Å²) in [6, 6.07) is 1.99. The lowest BCUT2D eigenvalue weighted by Crippen LogP contribution is -2.39. The van der Waals surface area contributed by atoms with E-state index < -0.39 is 18.0 Å². The SMILES string of the molecule is C[C@@H]1CN(c2ncc(F)cn2)C[C@]12CCN(c1ccsc1)C2=O.O=C(O)C(F)(F)F. The van der Waals surface area contributed by atoms with Crippen LogP contribution in [0.2, 0.25) is 0 Å². The van der Waals surface area contributed by atoms with E-state index in [1.807, 2.05) is 26.6 Å². The van der Waals surface area contributed by atoms with Crippen LogP contribution in [-0.2, 0) is 9.59 Å². The van der Waals surface area contributed by atoms with Gasteiger partial charge in [-0.05, 0) is 23.8 Å². The van der Waals surface area contributed by atoms with Crippen molar-refractivity contribution in [1.29, 1.82) is 0 Å². The van der Waals surface area contributed by atoms with Crippen molar-refractivity contribution in [2.75, 3.05) is 29.4 Å². The number of carbonyl (C=O) groups excluding carboxylic acids is 1. The number of alkyl halides is 3. The minimum Gasteiger partial charge on any atom is -0.475 e. The van der Waals surface area contributed by atoms with Gasteiger partial charge < -0.3 is 14.9 Å². The van der Waals surface area contributed by atoms with Crippen molar-refractivity contribution < 1.29 is 32.3 Å². The van der Waals surface area contributed by atoms with Crippen molar-refractivity contribution in [2.24, 2.45) is 11.3 Å². The second-order valence-corrected chi connectivity index (χ2v) is 7.91. The van der Waals surface area contributed by atoms with Crippen LogP contribution in [0.4, 0.5) is 29.2 Å². The lowest BCUT2D eigenvalue weighted by atomic mass is 9.78. The molecule has 0 unspecified atom stereocenters. The maximum atomic E-state index is 13.1. The van der Waals surface area contributed by atoms with E-state index in [1.54, 1.807) is 11.3 Å². The minimum atomic E-state index is -5.08. The number of carbonyl (C=O) groups is 2. The van der Waals surface area contributed by atoms with Crippen LogP contribution < -0.4 is 9.80 Å². The van der Waals surface area contributed by atoms with Gasteiger partial charge in [0.1, 0.15) is 0 Å². The average molecular weight is 446 g/mol. The average Bonchev–Trinajstić information content (AvgIpc) is 3.38. The molecule has 0 saturated carbocycles. The van der Waals surface area contributed by atoms with Gasteiger partial charge in [-0.2, -0.15) is 24.5 Å². The zero-order valence-corrected chi connectivity index (χ0v) is 16.6. The zero-order chi connectivity index (χ0) is 22.1. The summed E-state index contributed by atoms with van der Waals surface area (Å²) < 4.78 is 44.7. The molecule has 0 aliphatic carbocycles. The number of aliphatic carboxylic acids is 1. The molecule has 0 aromatic carbocycles. The highest BCUT2D eigenvalue weighted by molar-refractivity contribution is 7.08. The summed E-state index contributed by atoms with van der Waals surface area (Å²) >= 11 is 1.60.